The van der Waals surface area contributed by atoms with E-state index in [1.165, 1.54) is 12.8 Å². The fraction of sp³-hybridized carbons (Fsp3) is 0.600. The molecule has 0 heterocycles. The van der Waals surface area contributed by atoms with E-state index in [0.717, 1.165) is 0 Å². The summed E-state index contributed by atoms with van der Waals surface area (Å²) >= 11 is 0. The van der Waals surface area contributed by atoms with Gasteiger partial charge in [-0.05, 0) is 6.42 Å². The van der Waals surface area contributed by atoms with Gasteiger partial charge in [0.05, 0.1) is 10.2 Å². The van der Waals surface area contributed by atoms with Gasteiger partial charge in [0.2, 0.25) is 0 Å². The molecule has 0 unspecified atom stereocenters. The van der Waals surface area contributed by atoms with Gasteiger partial charge in [-0.3, -0.25) is 0 Å². The largest absolute Gasteiger partial charge is 0.106 e. The molecular formula is C5H9Si. The first-order valence-electron chi connectivity index (χ1n) is 2.24. The van der Waals surface area contributed by atoms with Crippen LogP contribution in [0.2, 0.25) is 0 Å². The Labute approximate surface area is 42.7 Å². The Balaban J connectivity index is 2.66. The summed E-state index contributed by atoms with van der Waals surface area (Å²) < 4.78 is 0. The quantitative estimate of drug-likeness (QED) is 0.458. The SMILES string of the molecule is CCC/C=C/[Si]. The number of unbranched alkanes of at least 4 members (excludes halogenated alkanes) is 1. The Morgan fingerprint density at radius 1 is 1.67 bits per heavy atom. The smallest absolute Gasteiger partial charge is 0.0596 e. The van der Waals surface area contributed by atoms with Gasteiger partial charge in [-0.25, -0.2) is 0 Å². The molecule has 0 amide bonds. The zero-order valence-corrected chi connectivity index (χ0v) is 5.07. The maximum atomic E-state index is 3.21. The van der Waals surface area contributed by atoms with Gasteiger partial charge in [0.15, 0.2) is 0 Å². The van der Waals surface area contributed by atoms with Crippen molar-refractivity contribution in [2.24, 2.45) is 0 Å². The van der Waals surface area contributed by atoms with Gasteiger partial charge in [0.25, 0.3) is 0 Å². The van der Waals surface area contributed by atoms with E-state index in [1.54, 1.807) is 0 Å². The molecule has 0 aromatic rings. The number of rotatable bonds is 2. The van der Waals surface area contributed by atoms with E-state index in [0.29, 0.717) is 0 Å². The van der Waals surface area contributed by atoms with Crippen molar-refractivity contribution in [2.45, 2.75) is 19.8 Å². The fourth-order valence-corrected chi connectivity index (χ4v) is 0.417. The summed E-state index contributed by atoms with van der Waals surface area (Å²) in [6.07, 6.45) is 4.52. The Morgan fingerprint density at radius 3 is 2.50 bits per heavy atom. The lowest BCUT2D eigenvalue weighted by Gasteiger charge is -1.76. The van der Waals surface area contributed by atoms with Gasteiger partial charge in [0.1, 0.15) is 0 Å². The summed E-state index contributed by atoms with van der Waals surface area (Å²) in [5.74, 6) is 0. The van der Waals surface area contributed by atoms with E-state index in [4.69, 9.17) is 0 Å². The molecule has 0 saturated carbocycles. The average molecular weight is 97.2 g/mol. The molecular weight excluding hydrogens is 88.1 g/mol. The van der Waals surface area contributed by atoms with Crippen LogP contribution < -0.4 is 0 Å². The summed E-state index contributed by atoms with van der Waals surface area (Å²) in [6, 6.07) is 0. The maximum Gasteiger partial charge on any atom is 0.0596 e. The van der Waals surface area contributed by atoms with E-state index in [9.17, 15) is 0 Å². The number of hydrogen-bond donors (Lipinski definition) is 0. The van der Waals surface area contributed by atoms with Crippen LogP contribution in [0.1, 0.15) is 19.8 Å². The van der Waals surface area contributed by atoms with E-state index in [2.05, 4.69) is 23.2 Å². The zero-order valence-electron chi connectivity index (χ0n) is 4.07. The third-order valence-electron chi connectivity index (χ3n) is 0.573. The molecule has 0 aromatic carbocycles. The first-order chi connectivity index (χ1) is 2.91. The minimum Gasteiger partial charge on any atom is -0.106 e. The molecule has 0 aliphatic heterocycles. The van der Waals surface area contributed by atoms with Gasteiger partial charge in [-0.15, -0.1) is 5.70 Å². The molecule has 0 nitrogen and oxygen atoms in total. The second-order valence-electron chi connectivity index (χ2n) is 1.19. The second-order valence-corrected chi connectivity index (χ2v) is 1.52. The van der Waals surface area contributed by atoms with Crippen molar-refractivity contribution in [1.82, 2.24) is 0 Å². The Kier molecular flexibility index (Phi) is 4.92. The molecule has 0 atom stereocenters. The third-order valence-corrected chi connectivity index (χ3v) is 0.809. The lowest BCUT2D eigenvalue weighted by molar-refractivity contribution is 0.960. The van der Waals surface area contributed by atoms with E-state index < -0.39 is 0 Å². The maximum absolute atomic E-state index is 3.21. The highest BCUT2D eigenvalue weighted by atomic mass is 28.1. The summed E-state index contributed by atoms with van der Waals surface area (Å²) in [4.78, 5) is 0. The van der Waals surface area contributed by atoms with Gasteiger partial charge in [-0.1, -0.05) is 19.4 Å². The molecule has 0 saturated heterocycles. The van der Waals surface area contributed by atoms with Crippen molar-refractivity contribution in [1.29, 1.82) is 0 Å². The van der Waals surface area contributed by atoms with Gasteiger partial charge in [-0.2, -0.15) is 0 Å². The Morgan fingerprint density at radius 2 is 2.33 bits per heavy atom. The Bertz CT molecular complexity index is 39.2. The number of allylic oxidation sites excluding steroid dienone is 1. The van der Waals surface area contributed by atoms with Crippen molar-refractivity contribution >= 4 is 10.2 Å². The molecule has 0 aliphatic rings. The van der Waals surface area contributed by atoms with E-state index >= 15 is 0 Å². The lowest BCUT2D eigenvalue weighted by atomic mass is 10.3. The Hall–Kier alpha value is -0.0431. The minimum atomic E-state index is 1.18. The van der Waals surface area contributed by atoms with Gasteiger partial charge >= 0.3 is 0 Å². The summed E-state index contributed by atoms with van der Waals surface area (Å²) in [7, 11) is 3.21. The first kappa shape index (κ1) is 5.96. The van der Waals surface area contributed by atoms with Crippen molar-refractivity contribution in [3.05, 3.63) is 11.8 Å². The van der Waals surface area contributed by atoms with Crippen LogP contribution in [-0.2, 0) is 0 Å². The number of hydrogen-bond acceptors (Lipinski definition) is 0. The molecule has 3 radical (unpaired) electrons. The van der Waals surface area contributed by atoms with Gasteiger partial charge in [0, 0.05) is 0 Å². The highest BCUT2D eigenvalue weighted by molar-refractivity contribution is 6.16. The van der Waals surface area contributed by atoms with Crippen LogP contribution in [0.5, 0.6) is 0 Å². The van der Waals surface area contributed by atoms with Crippen molar-refractivity contribution in [2.75, 3.05) is 0 Å². The van der Waals surface area contributed by atoms with Crippen LogP contribution in [0.15, 0.2) is 11.8 Å². The molecule has 33 valence electrons. The second kappa shape index (κ2) is 4.96. The molecule has 0 bridgehead atoms. The molecule has 0 aliphatic carbocycles. The van der Waals surface area contributed by atoms with Crippen LogP contribution in [0.3, 0.4) is 0 Å². The van der Waals surface area contributed by atoms with Crippen LogP contribution in [0, 0.1) is 0 Å². The van der Waals surface area contributed by atoms with E-state index in [-0.39, 0.29) is 0 Å². The zero-order chi connectivity index (χ0) is 4.83. The normalized spacial score (nSPS) is 10.3. The van der Waals surface area contributed by atoms with Gasteiger partial charge < -0.3 is 0 Å². The molecule has 0 fully saturated rings. The first-order valence-corrected chi connectivity index (χ1v) is 2.81. The predicted octanol–water partition coefficient (Wildman–Crippen LogP) is 1.47. The lowest BCUT2D eigenvalue weighted by Crippen LogP contribution is -1.58. The average Bonchev–Trinajstić information content (AvgIpc) is 1.61. The molecule has 6 heavy (non-hydrogen) atoms. The molecule has 0 aromatic heterocycles. The van der Waals surface area contributed by atoms with Crippen LogP contribution >= 0.6 is 0 Å². The predicted molar refractivity (Wildman–Crippen MR) is 29.8 cm³/mol. The van der Waals surface area contributed by atoms with Crippen LogP contribution in [-0.4, -0.2) is 10.2 Å². The standard InChI is InChI=1S/C5H9Si/c1-2-3-4-5-6/h4-5H,2-3H2,1H3/b5-4+. The van der Waals surface area contributed by atoms with Crippen molar-refractivity contribution in [3.8, 4) is 0 Å². The highest BCUT2D eigenvalue weighted by Gasteiger charge is 1.64. The third kappa shape index (κ3) is 3.96. The monoisotopic (exact) mass is 97.0 g/mol. The van der Waals surface area contributed by atoms with Crippen molar-refractivity contribution < 1.29 is 0 Å². The fourth-order valence-electron chi connectivity index (χ4n) is 0.250. The molecule has 0 rings (SSSR count). The topological polar surface area (TPSA) is 0 Å². The van der Waals surface area contributed by atoms with Crippen molar-refractivity contribution in [3.63, 3.8) is 0 Å². The minimum absolute atomic E-state index is 1.18. The van der Waals surface area contributed by atoms with Crippen LogP contribution in [0.25, 0.3) is 0 Å². The summed E-state index contributed by atoms with van der Waals surface area (Å²) in [5, 5.41) is 0. The highest BCUT2D eigenvalue weighted by Crippen LogP contribution is 1.84. The molecule has 0 N–H and O–H groups in total. The summed E-state index contributed by atoms with van der Waals surface area (Å²) in [5.41, 5.74) is 1.89. The van der Waals surface area contributed by atoms with E-state index in [1.807, 2.05) is 5.70 Å². The molecule has 0 spiro atoms. The summed E-state index contributed by atoms with van der Waals surface area (Å²) in [6.45, 7) is 2.16. The van der Waals surface area contributed by atoms with Crippen LogP contribution in [0.4, 0.5) is 0 Å². The molecule has 1 heteroatoms.